The quantitative estimate of drug-likeness (QED) is 0.564. The molecule has 0 aliphatic carbocycles. The summed E-state index contributed by atoms with van der Waals surface area (Å²) in [5.41, 5.74) is 1.46. The van der Waals surface area contributed by atoms with Crippen molar-refractivity contribution < 1.29 is 0 Å². The molecule has 0 spiro atoms. The molecule has 0 saturated carbocycles. The number of rotatable bonds is 3. The first-order valence-electron chi connectivity index (χ1n) is 2.92. The monoisotopic (exact) mass is 126 g/mol. The highest BCUT2D eigenvalue weighted by atomic mass is 15.1. The van der Waals surface area contributed by atoms with Gasteiger partial charge in [0.05, 0.1) is 0 Å². The second-order valence-electron chi connectivity index (χ2n) is 2.50. The molecule has 0 aliphatic heterocycles. The van der Waals surface area contributed by atoms with E-state index in [1.165, 1.54) is 0 Å². The van der Waals surface area contributed by atoms with E-state index in [0.717, 1.165) is 5.57 Å². The Morgan fingerprint density at radius 2 is 2.00 bits per heavy atom. The average Bonchev–Trinajstić information content (AvgIpc) is 1.63. The van der Waals surface area contributed by atoms with Gasteiger partial charge in [-0.3, -0.25) is 0 Å². The molecule has 0 bridgehead atoms. The predicted molar refractivity (Wildman–Crippen MR) is 41.1 cm³/mol. The fraction of sp³-hybridized carbons (Fsp3) is 0.571. The van der Waals surface area contributed by atoms with Crippen LogP contribution in [0.25, 0.3) is 0 Å². The average molecular weight is 126 g/mol. The van der Waals surface area contributed by atoms with Gasteiger partial charge in [-0.1, -0.05) is 6.58 Å². The van der Waals surface area contributed by atoms with Crippen molar-refractivity contribution in [2.45, 2.75) is 6.92 Å². The molecule has 0 amide bonds. The second kappa shape index (κ2) is 3.41. The third kappa shape index (κ3) is 3.91. The van der Waals surface area contributed by atoms with Crippen LogP contribution in [0.5, 0.6) is 0 Å². The van der Waals surface area contributed by atoms with Gasteiger partial charge in [0.2, 0.25) is 0 Å². The van der Waals surface area contributed by atoms with Gasteiger partial charge in [0.1, 0.15) is 0 Å². The first-order chi connectivity index (χ1) is 4.04. The maximum atomic E-state index is 7.33. The van der Waals surface area contributed by atoms with Gasteiger partial charge >= 0.3 is 0 Å². The summed E-state index contributed by atoms with van der Waals surface area (Å²) in [4.78, 5) is 1.96. The summed E-state index contributed by atoms with van der Waals surface area (Å²) >= 11 is 0. The van der Waals surface area contributed by atoms with Crippen molar-refractivity contribution in [1.29, 1.82) is 5.41 Å². The second-order valence-corrected chi connectivity index (χ2v) is 2.50. The first kappa shape index (κ1) is 8.37. The number of nitrogens with zero attached hydrogens (tertiary/aromatic N) is 1. The van der Waals surface area contributed by atoms with E-state index in [9.17, 15) is 0 Å². The molecule has 0 heterocycles. The van der Waals surface area contributed by atoms with E-state index in [0.29, 0.717) is 12.3 Å². The molecule has 2 nitrogen and oxygen atoms in total. The molecule has 0 unspecified atom stereocenters. The van der Waals surface area contributed by atoms with Crippen molar-refractivity contribution in [3.63, 3.8) is 0 Å². The van der Waals surface area contributed by atoms with Gasteiger partial charge in [-0.25, -0.2) is 0 Å². The standard InChI is InChI=1S/C7H14N2/c1-6(2)7(8)5-9(3)4/h8H,1,5H2,2-4H3. The molecule has 0 atom stereocenters. The summed E-state index contributed by atoms with van der Waals surface area (Å²) in [6.07, 6.45) is 0. The maximum absolute atomic E-state index is 7.33. The van der Waals surface area contributed by atoms with Crippen molar-refractivity contribution in [3.05, 3.63) is 12.2 Å². The van der Waals surface area contributed by atoms with E-state index in [1.807, 2.05) is 25.9 Å². The molecule has 0 rings (SSSR count). The van der Waals surface area contributed by atoms with Gasteiger partial charge in [-0.15, -0.1) is 0 Å². The minimum absolute atomic E-state index is 0.611. The lowest BCUT2D eigenvalue weighted by Crippen LogP contribution is -2.21. The number of hydrogen-bond acceptors (Lipinski definition) is 2. The van der Waals surface area contributed by atoms with Gasteiger partial charge < -0.3 is 10.3 Å². The van der Waals surface area contributed by atoms with Gasteiger partial charge in [-0.2, -0.15) is 0 Å². The Bertz CT molecular complexity index is 125. The molecule has 0 radical (unpaired) electrons. The lowest BCUT2D eigenvalue weighted by molar-refractivity contribution is 0.469. The van der Waals surface area contributed by atoms with Gasteiger partial charge in [0.15, 0.2) is 0 Å². The summed E-state index contributed by atoms with van der Waals surface area (Å²) in [5.74, 6) is 0. The van der Waals surface area contributed by atoms with E-state index < -0.39 is 0 Å². The zero-order valence-electron chi connectivity index (χ0n) is 6.36. The summed E-state index contributed by atoms with van der Waals surface area (Å²) in [6.45, 7) is 6.20. The highest BCUT2D eigenvalue weighted by molar-refractivity contribution is 5.98. The van der Waals surface area contributed by atoms with E-state index in [1.54, 1.807) is 0 Å². The van der Waals surface area contributed by atoms with E-state index in [2.05, 4.69) is 6.58 Å². The SMILES string of the molecule is C=C(C)C(=N)CN(C)C. The highest BCUT2D eigenvalue weighted by Gasteiger charge is 1.96. The maximum Gasteiger partial charge on any atom is 0.0477 e. The first-order valence-corrected chi connectivity index (χ1v) is 2.92. The van der Waals surface area contributed by atoms with E-state index in [-0.39, 0.29) is 0 Å². The highest BCUT2D eigenvalue weighted by Crippen LogP contribution is 1.90. The Balaban J connectivity index is 3.65. The van der Waals surface area contributed by atoms with Crippen molar-refractivity contribution >= 4 is 5.71 Å². The lowest BCUT2D eigenvalue weighted by Gasteiger charge is -2.09. The number of hydrogen-bond donors (Lipinski definition) is 1. The Labute approximate surface area is 56.7 Å². The molecule has 0 aromatic heterocycles. The van der Waals surface area contributed by atoms with Crippen LogP contribution < -0.4 is 0 Å². The summed E-state index contributed by atoms with van der Waals surface area (Å²) in [6, 6.07) is 0. The Morgan fingerprint density at radius 1 is 1.56 bits per heavy atom. The van der Waals surface area contributed by atoms with Gasteiger partial charge in [0.25, 0.3) is 0 Å². The zero-order chi connectivity index (χ0) is 7.44. The van der Waals surface area contributed by atoms with E-state index in [4.69, 9.17) is 5.41 Å². The molecule has 0 fully saturated rings. The van der Waals surface area contributed by atoms with Crippen LogP contribution in [0.2, 0.25) is 0 Å². The van der Waals surface area contributed by atoms with Crippen LogP contribution in [0.15, 0.2) is 12.2 Å². The molecule has 0 aromatic rings. The van der Waals surface area contributed by atoms with Crippen LogP contribution in [0, 0.1) is 5.41 Å². The summed E-state index contributed by atoms with van der Waals surface area (Å²) in [7, 11) is 3.88. The lowest BCUT2D eigenvalue weighted by atomic mass is 10.2. The minimum Gasteiger partial charge on any atom is -0.304 e. The van der Waals surface area contributed by atoms with Crippen molar-refractivity contribution in [2.75, 3.05) is 20.6 Å². The van der Waals surface area contributed by atoms with E-state index >= 15 is 0 Å². The van der Waals surface area contributed by atoms with Crippen molar-refractivity contribution in [2.24, 2.45) is 0 Å². The molecule has 0 aromatic carbocycles. The molecule has 1 N–H and O–H groups in total. The molecule has 9 heavy (non-hydrogen) atoms. The zero-order valence-corrected chi connectivity index (χ0v) is 6.36. The molecule has 2 heteroatoms. The van der Waals surface area contributed by atoms with Crippen LogP contribution in [-0.2, 0) is 0 Å². The summed E-state index contributed by atoms with van der Waals surface area (Å²) < 4.78 is 0. The number of nitrogens with one attached hydrogen (secondary N) is 1. The summed E-state index contributed by atoms with van der Waals surface area (Å²) in [5, 5.41) is 7.33. The minimum atomic E-state index is 0.611. The Hall–Kier alpha value is -0.630. The normalized spacial score (nSPS) is 9.78. The molecule has 0 saturated heterocycles. The topological polar surface area (TPSA) is 27.1 Å². The van der Waals surface area contributed by atoms with Gasteiger partial charge in [-0.05, 0) is 26.6 Å². The predicted octanol–water partition coefficient (Wildman–Crippen LogP) is 1.14. The van der Waals surface area contributed by atoms with Crippen molar-refractivity contribution in [1.82, 2.24) is 4.90 Å². The van der Waals surface area contributed by atoms with Crippen LogP contribution in [0.3, 0.4) is 0 Å². The van der Waals surface area contributed by atoms with Crippen molar-refractivity contribution in [3.8, 4) is 0 Å². The Kier molecular flexibility index (Phi) is 3.17. The third-order valence-electron chi connectivity index (χ3n) is 0.990. The largest absolute Gasteiger partial charge is 0.304 e. The Morgan fingerprint density at radius 3 is 2.11 bits per heavy atom. The molecular formula is C7H14N2. The van der Waals surface area contributed by atoms with Crippen LogP contribution in [0.1, 0.15) is 6.92 Å². The fourth-order valence-electron chi connectivity index (χ4n) is 0.451. The fourth-order valence-corrected chi connectivity index (χ4v) is 0.451. The van der Waals surface area contributed by atoms with Gasteiger partial charge in [0, 0.05) is 12.3 Å². The third-order valence-corrected chi connectivity index (χ3v) is 0.990. The molecular weight excluding hydrogens is 112 g/mol. The molecule has 0 aliphatic rings. The van der Waals surface area contributed by atoms with Crippen LogP contribution >= 0.6 is 0 Å². The van der Waals surface area contributed by atoms with Crippen LogP contribution in [0.4, 0.5) is 0 Å². The van der Waals surface area contributed by atoms with Crippen LogP contribution in [-0.4, -0.2) is 31.3 Å². The molecule has 52 valence electrons. The smallest absolute Gasteiger partial charge is 0.0477 e.